The molecular weight excluding hydrogens is 765 g/mol. The van der Waals surface area contributed by atoms with Crippen molar-refractivity contribution in [2.24, 2.45) is 5.41 Å². The van der Waals surface area contributed by atoms with Crippen LogP contribution in [0.25, 0.3) is 32.8 Å². The third-order valence-electron chi connectivity index (χ3n) is 11.2. The van der Waals surface area contributed by atoms with E-state index >= 15 is 0 Å². The first-order valence-corrected chi connectivity index (χ1v) is 20.9. The summed E-state index contributed by atoms with van der Waals surface area (Å²) >= 11 is 1.58. The van der Waals surface area contributed by atoms with Crippen LogP contribution in [0.5, 0.6) is 5.75 Å². The van der Waals surface area contributed by atoms with E-state index in [4.69, 9.17) is 0 Å². The van der Waals surface area contributed by atoms with Gasteiger partial charge in [0, 0.05) is 56.0 Å². The Bertz CT molecular complexity index is 2270. The summed E-state index contributed by atoms with van der Waals surface area (Å²) in [6, 6.07) is 23.1. The third-order valence-corrected chi connectivity index (χ3v) is 12.2. The molecule has 0 aliphatic carbocycles. The van der Waals surface area contributed by atoms with E-state index in [1.165, 1.54) is 4.90 Å². The van der Waals surface area contributed by atoms with Crippen molar-refractivity contribution >= 4 is 34.7 Å². The van der Waals surface area contributed by atoms with Crippen LogP contribution in [0.3, 0.4) is 0 Å². The summed E-state index contributed by atoms with van der Waals surface area (Å²) in [4.78, 5) is 52.7. The predicted molar refractivity (Wildman–Crippen MR) is 230 cm³/mol. The molecule has 2 fully saturated rings. The number of benzene rings is 3. The minimum Gasteiger partial charge on any atom is -0.507 e. The molecule has 7 rings (SSSR count). The molecule has 4 heterocycles. The van der Waals surface area contributed by atoms with Gasteiger partial charge in [-0.05, 0) is 66.3 Å². The summed E-state index contributed by atoms with van der Waals surface area (Å²) < 4.78 is 0. The molecule has 3 amide bonds. The van der Waals surface area contributed by atoms with Gasteiger partial charge < -0.3 is 30.6 Å². The molecular formula is C45H52N8O5S. The van der Waals surface area contributed by atoms with Gasteiger partial charge in [0.25, 0.3) is 0 Å². The average molecular weight is 817 g/mol. The van der Waals surface area contributed by atoms with Crippen molar-refractivity contribution in [1.29, 1.82) is 0 Å². The molecule has 3 aromatic carbocycles. The Kier molecular flexibility index (Phi) is 12.4. The molecule has 0 saturated carbocycles. The maximum Gasteiger partial charge on any atom is 0.246 e. The van der Waals surface area contributed by atoms with Gasteiger partial charge in [-0.3, -0.25) is 19.3 Å². The molecule has 2 saturated heterocycles. The number of phenols is 1. The highest BCUT2D eigenvalue weighted by molar-refractivity contribution is 7.13. The molecule has 2 aliphatic rings. The van der Waals surface area contributed by atoms with Gasteiger partial charge in [-0.25, -0.2) is 4.98 Å². The molecule has 0 bridgehead atoms. The van der Waals surface area contributed by atoms with Gasteiger partial charge in [0.2, 0.25) is 17.7 Å². The number of nitrogens with one attached hydrogen (secondary N) is 2. The number of anilines is 1. The van der Waals surface area contributed by atoms with E-state index in [1.54, 1.807) is 29.7 Å². The number of thiazole rings is 1. The van der Waals surface area contributed by atoms with Crippen LogP contribution in [-0.4, -0.2) is 110 Å². The highest BCUT2D eigenvalue weighted by Crippen LogP contribution is 2.32. The first-order chi connectivity index (χ1) is 28.2. The Morgan fingerprint density at radius 1 is 0.915 bits per heavy atom. The smallest absolute Gasteiger partial charge is 0.246 e. The first-order valence-electron chi connectivity index (χ1n) is 20.0. The van der Waals surface area contributed by atoms with Crippen molar-refractivity contribution < 1.29 is 24.6 Å². The summed E-state index contributed by atoms with van der Waals surface area (Å²) in [7, 11) is 0. The van der Waals surface area contributed by atoms with Gasteiger partial charge >= 0.3 is 0 Å². The number of piperazine rings is 1. The van der Waals surface area contributed by atoms with Crippen LogP contribution in [0.1, 0.15) is 51.4 Å². The summed E-state index contributed by atoms with van der Waals surface area (Å²) in [5.74, 6) is -0.844. The quantitative estimate of drug-likeness (QED) is 0.135. The number of carbonyl (C=O) groups excluding carboxylic acids is 3. The van der Waals surface area contributed by atoms with Gasteiger partial charge in [0.1, 0.15) is 17.8 Å². The summed E-state index contributed by atoms with van der Waals surface area (Å²) in [5.41, 5.74) is 8.27. The minimum atomic E-state index is -0.902. The minimum absolute atomic E-state index is 0.0122. The van der Waals surface area contributed by atoms with E-state index in [9.17, 15) is 24.6 Å². The molecule has 308 valence electrons. The number of rotatable bonds is 11. The van der Waals surface area contributed by atoms with Crippen molar-refractivity contribution in [3.05, 3.63) is 102 Å². The number of aliphatic hydroxyl groups excluding tert-OH is 1. The number of aromatic nitrogens is 3. The van der Waals surface area contributed by atoms with E-state index in [2.05, 4.69) is 47.7 Å². The lowest BCUT2D eigenvalue weighted by Gasteiger charge is -2.37. The summed E-state index contributed by atoms with van der Waals surface area (Å²) in [6.45, 7) is 12.4. The Labute approximate surface area is 349 Å². The second-order valence-electron chi connectivity index (χ2n) is 16.5. The van der Waals surface area contributed by atoms with Crippen LogP contribution in [0.4, 0.5) is 5.69 Å². The van der Waals surface area contributed by atoms with E-state index in [0.29, 0.717) is 24.3 Å². The van der Waals surface area contributed by atoms with E-state index in [1.807, 2.05) is 94.7 Å². The molecule has 0 radical (unpaired) electrons. The monoisotopic (exact) mass is 816 g/mol. The topological polar surface area (TPSA) is 164 Å². The number of aromatic hydroxyl groups is 1. The number of amides is 3. The molecule has 4 N–H and O–H groups in total. The van der Waals surface area contributed by atoms with Crippen LogP contribution in [0.2, 0.25) is 0 Å². The number of hydrogen-bond donors (Lipinski definition) is 4. The van der Waals surface area contributed by atoms with Crippen LogP contribution in [0, 0.1) is 12.3 Å². The van der Waals surface area contributed by atoms with Gasteiger partial charge in [-0.15, -0.1) is 11.3 Å². The first kappa shape index (κ1) is 41.5. The third kappa shape index (κ3) is 9.62. The van der Waals surface area contributed by atoms with Gasteiger partial charge in [0.15, 0.2) is 0 Å². The zero-order chi connectivity index (χ0) is 41.8. The van der Waals surface area contributed by atoms with E-state index < -0.39 is 23.6 Å². The molecule has 0 spiro atoms. The number of β-amino-alcohol motifs (C(OH)–C–C–N with tert-alkyl or cyclic N) is 1. The van der Waals surface area contributed by atoms with Crippen LogP contribution in [-0.2, 0) is 14.4 Å². The van der Waals surface area contributed by atoms with Gasteiger partial charge in [-0.1, -0.05) is 69.3 Å². The second kappa shape index (κ2) is 17.7. The molecule has 59 heavy (non-hydrogen) atoms. The van der Waals surface area contributed by atoms with Crippen molar-refractivity contribution in [3.8, 4) is 38.6 Å². The fourth-order valence-corrected chi connectivity index (χ4v) is 8.61. The van der Waals surface area contributed by atoms with Gasteiger partial charge in [0.05, 0.1) is 46.7 Å². The van der Waals surface area contributed by atoms with E-state index in [-0.39, 0.29) is 49.0 Å². The molecule has 14 heteroatoms. The molecule has 13 nitrogen and oxygen atoms in total. The number of hydrogen-bond acceptors (Lipinski definition) is 11. The van der Waals surface area contributed by atoms with E-state index in [0.717, 1.165) is 51.6 Å². The molecule has 2 aromatic heterocycles. The second-order valence-corrected chi connectivity index (χ2v) is 17.4. The molecule has 5 aromatic rings. The highest BCUT2D eigenvalue weighted by Gasteiger charge is 2.45. The number of carbonyl (C=O) groups is 3. The number of aryl methyl sites for hydroxylation is 1. The lowest BCUT2D eigenvalue weighted by Crippen LogP contribution is -2.59. The maximum absolute atomic E-state index is 14.2. The van der Waals surface area contributed by atoms with Crippen molar-refractivity contribution in [3.63, 3.8) is 0 Å². The standard InChI is InChI=1S/C45H52N8O5S/c1-28(30-10-12-32(13-11-30)41-29(2)46-27-59-41)48-43(57)38-23-35(54)25-53(38)44(58)42(45(3,4)5)49-40(56)26-51-18-20-52(21-19-51)34-16-14-31(15-17-34)33-22-37(50-47-24-33)36-8-6-7-9-39(36)55/h6-17,22,24,27-28,35,38,42,54-55H,18-21,23,25-26H2,1-5H3,(H,48,57)(H,49,56)/t28-,35+,38-,42?/m0/s1. The number of para-hydroxylation sites is 1. The Hall–Kier alpha value is -5.70. The zero-order valence-corrected chi connectivity index (χ0v) is 34.9. The zero-order valence-electron chi connectivity index (χ0n) is 34.1. The fourth-order valence-electron chi connectivity index (χ4n) is 7.80. The molecule has 4 atom stereocenters. The fraction of sp³-hybridized carbons (Fsp3) is 0.378. The number of likely N-dealkylation sites (tertiary alicyclic amines) is 1. The number of nitrogens with zero attached hydrogens (tertiary/aromatic N) is 6. The van der Waals surface area contributed by atoms with Crippen molar-refractivity contribution in [2.75, 3.05) is 44.2 Å². The molecule has 2 aliphatic heterocycles. The van der Waals surface area contributed by atoms with Crippen LogP contribution < -0.4 is 15.5 Å². The highest BCUT2D eigenvalue weighted by atomic mass is 32.1. The molecule has 1 unspecified atom stereocenters. The predicted octanol–water partition coefficient (Wildman–Crippen LogP) is 5.44. The lowest BCUT2D eigenvalue weighted by molar-refractivity contribution is -0.144. The summed E-state index contributed by atoms with van der Waals surface area (Å²) in [5, 5.41) is 35.4. The van der Waals surface area contributed by atoms with Crippen molar-refractivity contribution in [2.45, 2.75) is 65.3 Å². The van der Waals surface area contributed by atoms with Gasteiger partial charge in [-0.2, -0.15) is 10.2 Å². The summed E-state index contributed by atoms with van der Waals surface area (Å²) in [6.07, 6.45) is 0.969. The van der Waals surface area contributed by atoms with Crippen LogP contribution in [0.15, 0.2) is 90.6 Å². The normalized spacial score (nSPS) is 18.3. The largest absolute Gasteiger partial charge is 0.507 e. The Balaban J connectivity index is 0.924. The average Bonchev–Trinajstić information content (AvgIpc) is 3.85. The lowest BCUT2D eigenvalue weighted by atomic mass is 9.85. The van der Waals surface area contributed by atoms with Crippen LogP contribution >= 0.6 is 11.3 Å². The maximum atomic E-state index is 14.2. The SMILES string of the molecule is Cc1ncsc1-c1ccc([C@H](C)NC(=O)[C@@H]2C[C@@H](O)CN2C(=O)C(NC(=O)CN2CCN(c3ccc(-c4cnnc(-c5ccccc5O)c4)cc3)CC2)C(C)(C)C)cc1. The Morgan fingerprint density at radius 2 is 1.61 bits per heavy atom. The number of phenolic OH excluding ortho intramolecular Hbond substituents is 1. The number of aliphatic hydroxyl groups is 1. The van der Waals surface area contributed by atoms with Crippen molar-refractivity contribution in [1.82, 2.24) is 35.6 Å². The Morgan fingerprint density at radius 3 is 2.27 bits per heavy atom.